The molecule has 0 radical (unpaired) electrons. The number of ketones is 1. The van der Waals surface area contributed by atoms with Crippen LogP contribution in [0.2, 0.25) is 0 Å². The summed E-state index contributed by atoms with van der Waals surface area (Å²) in [7, 11) is 0. The number of imide groups is 1. The van der Waals surface area contributed by atoms with Crippen LogP contribution in [0, 0.1) is 0 Å². The van der Waals surface area contributed by atoms with Crippen LogP contribution in [0.5, 0.6) is 11.5 Å². The number of rotatable bonds is 6. The summed E-state index contributed by atoms with van der Waals surface area (Å²) in [4.78, 5) is 39.3. The first-order chi connectivity index (χ1) is 14.3. The minimum Gasteiger partial charge on any atom is -0.454 e. The van der Waals surface area contributed by atoms with Gasteiger partial charge in [-0.25, -0.2) is 4.79 Å². The maximum Gasteiger partial charge on any atom is 0.325 e. The van der Waals surface area contributed by atoms with Gasteiger partial charge in [0.05, 0.1) is 6.54 Å². The van der Waals surface area contributed by atoms with E-state index in [0.29, 0.717) is 28.5 Å². The molecule has 2 aromatic carbocycles. The number of hydrogen-bond donors (Lipinski definition) is 1. The predicted octanol–water partition coefficient (Wildman–Crippen LogP) is 3.58. The molecule has 2 heterocycles. The van der Waals surface area contributed by atoms with E-state index in [4.69, 9.17) is 9.47 Å². The molecule has 2 aliphatic heterocycles. The Kier molecular flexibility index (Phi) is 4.97. The molecule has 0 aliphatic carbocycles. The topological polar surface area (TPSA) is 84.9 Å². The van der Waals surface area contributed by atoms with Crippen molar-refractivity contribution < 1.29 is 23.9 Å². The average Bonchev–Trinajstić information content (AvgIpc) is 3.31. The number of nitrogens with one attached hydrogen (secondary N) is 1. The molecule has 7 nitrogen and oxygen atoms in total. The van der Waals surface area contributed by atoms with Crippen molar-refractivity contribution >= 4 is 17.7 Å². The molecule has 30 heavy (non-hydrogen) atoms. The standard InChI is InChI=1S/C23H24N2O5/c1-4-14(2)15-5-7-16(8-6-15)18(26)12-25-21(27)23(3,24-22(25)28)17-9-10-19-20(11-17)30-13-29-19/h5-11,14H,4,12-13H2,1-3H3,(H,24,28)/t14-,23-/m1/s1. The van der Waals surface area contributed by atoms with E-state index in [9.17, 15) is 14.4 Å². The van der Waals surface area contributed by atoms with Gasteiger partial charge in [-0.05, 0) is 42.5 Å². The van der Waals surface area contributed by atoms with E-state index >= 15 is 0 Å². The maximum atomic E-state index is 13.1. The molecule has 3 amide bonds. The van der Waals surface area contributed by atoms with Gasteiger partial charge in [0.25, 0.3) is 5.91 Å². The molecule has 2 atom stereocenters. The zero-order valence-corrected chi connectivity index (χ0v) is 17.2. The summed E-state index contributed by atoms with van der Waals surface area (Å²) in [6, 6.07) is 11.8. The summed E-state index contributed by atoms with van der Waals surface area (Å²) < 4.78 is 10.7. The van der Waals surface area contributed by atoms with Gasteiger partial charge in [-0.1, -0.05) is 44.2 Å². The summed E-state index contributed by atoms with van der Waals surface area (Å²) in [5.74, 6) is 0.751. The molecule has 2 aromatic rings. The van der Waals surface area contributed by atoms with Crippen LogP contribution < -0.4 is 14.8 Å². The average molecular weight is 408 g/mol. The third-order valence-corrected chi connectivity index (χ3v) is 5.94. The number of benzene rings is 2. The van der Waals surface area contributed by atoms with Crippen LogP contribution in [-0.4, -0.2) is 36.0 Å². The highest BCUT2D eigenvalue weighted by atomic mass is 16.7. The number of amides is 3. The first kappa shape index (κ1) is 19.9. The van der Waals surface area contributed by atoms with Gasteiger partial charge in [-0.2, -0.15) is 0 Å². The Bertz CT molecular complexity index is 1020. The van der Waals surface area contributed by atoms with Gasteiger partial charge in [0, 0.05) is 5.56 Å². The number of hydrogen-bond acceptors (Lipinski definition) is 5. The normalized spacial score (nSPS) is 21.0. The van der Waals surface area contributed by atoms with Crippen molar-refractivity contribution in [1.29, 1.82) is 0 Å². The van der Waals surface area contributed by atoms with Crippen molar-refractivity contribution in [2.24, 2.45) is 0 Å². The predicted molar refractivity (Wildman–Crippen MR) is 110 cm³/mol. The van der Waals surface area contributed by atoms with E-state index in [1.54, 1.807) is 37.3 Å². The van der Waals surface area contributed by atoms with Crippen LogP contribution in [-0.2, 0) is 10.3 Å². The van der Waals surface area contributed by atoms with Crippen LogP contribution in [0.15, 0.2) is 42.5 Å². The molecular formula is C23H24N2O5. The molecule has 0 aromatic heterocycles. The smallest absolute Gasteiger partial charge is 0.325 e. The molecule has 0 saturated carbocycles. The van der Waals surface area contributed by atoms with Gasteiger partial charge in [0.1, 0.15) is 5.54 Å². The van der Waals surface area contributed by atoms with Crippen molar-refractivity contribution in [2.45, 2.75) is 38.6 Å². The molecule has 1 N–H and O–H groups in total. The van der Waals surface area contributed by atoms with E-state index < -0.39 is 17.5 Å². The van der Waals surface area contributed by atoms with Gasteiger partial charge in [0.2, 0.25) is 6.79 Å². The summed E-state index contributed by atoms with van der Waals surface area (Å²) in [6.45, 7) is 5.66. The van der Waals surface area contributed by atoms with E-state index in [0.717, 1.165) is 16.9 Å². The van der Waals surface area contributed by atoms with Crippen molar-refractivity contribution in [2.75, 3.05) is 13.3 Å². The lowest BCUT2D eigenvalue weighted by atomic mass is 9.91. The maximum absolute atomic E-state index is 13.1. The van der Waals surface area contributed by atoms with Crippen LogP contribution in [0.25, 0.3) is 0 Å². The SMILES string of the molecule is CC[C@@H](C)c1ccc(C(=O)CN2C(=O)N[C@](C)(c3ccc4c(c3)OCO4)C2=O)cc1. The molecule has 156 valence electrons. The third-order valence-electron chi connectivity index (χ3n) is 5.94. The van der Waals surface area contributed by atoms with Gasteiger partial charge < -0.3 is 14.8 Å². The number of carbonyl (C=O) groups excluding carboxylic acids is 3. The fourth-order valence-corrected chi connectivity index (χ4v) is 3.71. The lowest BCUT2D eigenvalue weighted by molar-refractivity contribution is -0.130. The summed E-state index contributed by atoms with van der Waals surface area (Å²) in [5, 5.41) is 2.71. The minimum absolute atomic E-state index is 0.117. The lowest BCUT2D eigenvalue weighted by Gasteiger charge is -2.22. The van der Waals surface area contributed by atoms with E-state index in [-0.39, 0.29) is 19.1 Å². The van der Waals surface area contributed by atoms with Gasteiger partial charge >= 0.3 is 6.03 Å². The van der Waals surface area contributed by atoms with E-state index in [1.165, 1.54) is 0 Å². The Morgan fingerprint density at radius 1 is 1.13 bits per heavy atom. The van der Waals surface area contributed by atoms with Crippen molar-refractivity contribution in [1.82, 2.24) is 10.2 Å². The molecule has 4 rings (SSSR count). The lowest BCUT2D eigenvalue weighted by Crippen LogP contribution is -2.41. The third kappa shape index (κ3) is 3.30. The molecule has 7 heteroatoms. The number of fused-ring (bicyclic) bond motifs is 1. The molecule has 0 unspecified atom stereocenters. The van der Waals surface area contributed by atoms with Gasteiger partial charge in [-0.15, -0.1) is 0 Å². The van der Waals surface area contributed by atoms with Gasteiger partial charge in [-0.3, -0.25) is 14.5 Å². The molecule has 1 fully saturated rings. The summed E-state index contributed by atoms with van der Waals surface area (Å²) >= 11 is 0. The first-order valence-corrected chi connectivity index (χ1v) is 10.0. The fraction of sp³-hybridized carbons (Fsp3) is 0.348. The highest BCUT2D eigenvalue weighted by Gasteiger charge is 2.49. The second kappa shape index (κ2) is 7.48. The van der Waals surface area contributed by atoms with Gasteiger partial charge in [0.15, 0.2) is 17.3 Å². The Morgan fingerprint density at radius 3 is 2.53 bits per heavy atom. The van der Waals surface area contributed by atoms with Crippen LogP contribution >= 0.6 is 0 Å². The van der Waals surface area contributed by atoms with Crippen molar-refractivity contribution in [3.8, 4) is 11.5 Å². The molecule has 0 bridgehead atoms. The number of urea groups is 1. The summed E-state index contributed by atoms with van der Waals surface area (Å²) in [5.41, 5.74) is 0.912. The number of carbonyl (C=O) groups is 3. The molecule has 0 spiro atoms. The minimum atomic E-state index is -1.28. The van der Waals surface area contributed by atoms with Crippen LogP contribution in [0.4, 0.5) is 4.79 Å². The quantitative estimate of drug-likeness (QED) is 0.583. The monoisotopic (exact) mass is 408 g/mol. The van der Waals surface area contributed by atoms with Crippen LogP contribution in [0.3, 0.4) is 0 Å². The zero-order chi connectivity index (χ0) is 21.5. The first-order valence-electron chi connectivity index (χ1n) is 10.0. The Morgan fingerprint density at radius 2 is 1.83 bits per heavy atom. The largest absolute Gasteiger partial charge is 0.454 e. The summed E-state index contributed by atoms with van der Waals surface area (Å²) in [6.07, 6.45) is 1.01. The Labute approximate surface area is 175 Å². The highest BCUT2D eigenvalue weighted by molar-refractivity contribution is 6.11. The second-order valence-corrected chi connectivity index (χ2v) is 7.87. The van der Waals surface area contributed by atoms with Crippen LogP contribution in [0.1, 0.15) is 54.6 Å². The molecule has 2 aliphatic rings. The number of Topliss-reactive ketones (excluding diaryl/α,β-unsaturated/α-hetero) is 1. The Hall–Kier alpha value is -3.35. The second-order valence-electron chi connectivity index (χ2n) is 7.87. The highest BCUT2D eigenvalue weighted by Crippen LogP contribution is 2.37. The molecular weight excluding hydrogens is 384 g/mol. The van der Waals surface area contributed by atoms with Crippen molar-refractivity contribution in [3.05, 3.63) is 59.2 Å². The Balaban J connectivity index is 1.52. The fourth-order valence-electron chi connectivity index (χ4n) is 3.71. The number of nitrogens with zero attached hydrogens (tertiary/aromatic N) is 1. The number of ether oxygens (including phenoxy) is 2. The zero-order valence-electron chi connectivity index (χ0n) is 17.2. The molecule has 1 saturated heterocycles. The van der Waals surface area contributed by atoms with E-state index in [1.807, 2.05) is 12.1 Å². The van der Waals surface area contributed by atoms with E-state index in [2.05, 4.69) is 19.2 Å². The van der Waals surface area contributed by atoms with Crippen molar-refractivity contribution in [3.63, 3.8) is 0 Å².